The summed E-state index contributed by atoms with van der Waals surface area (Å²) < 4.78 is 8.02. The van der Waals surface area contributed by atoms with E-state index in [-0.39, 0.29) is 24.6 Å². The summed E-state index contributed by atoms with van der Waals surface area (Å²) in [6.45, 7) is 0.0333. The second kappa shape index (κ2) is 7.08. The molecule has 0 aliphatic heterocycles. The largest absolute Gasteiger partial charge is 0.467 e. The molecule has 0 bridgehead atoms. The lowest BCUT2D eigenvalue weighted by molar-refractivity contribution is -0.121. The van der Waals surface area contributed by atoms with Gasteiger partial charge in [0, 0.05) is 0 Å². The van der Waals surface area contributed by atoms with Crippen molar-refractivity contribution in [2.24, 2.45) is 0 Å². The number of aromatic nitrogens is 2. The number of para-hydroxylation sites is 1. The summed E-state index contributed by atoms with van der Waals surface area (Å²) in [6.07, 6.45) is 1.52. The third kappa shape index (κ3) is 3.22. The molecule has 0 atom stereocenters. The van der Waals surface area contributed by atoms with Gasteiger partial charge in [-0.15, -0.1) is 11.3 Å². The molecule has 1 aromatic carbocycles. The van der Waals surface area contributed by atoms with Crippen LogP contribution >= 0.6 is 11.3 Å². The van der Waals surface area contributed by atoms with Gasteiger partial charge < -0.3 is 9.73 Å². The highest BCUT2D eigenvalue weighted by Crippen LogP contribution is 2.16. The molecule has 136 valence electrons. The molecule has 3 heterocycles. The molecular weight excluding hydrogens is 366 g/mol. The number of carbonyl (C=O) groups is 1. The Balaban J connectivity index is 1.74. The second-order valence-corrected chi connectivity index (χ2v) is 6.75. The summed E-state index contributed by atoms with van der Waals surface area (Å²) in [4.78, 5) is 38.1. The standard InChI is InChI=1S/C19H15N3O4S/c23-16(20-11-14-7-4-9-26-14)12-21-15-8-10-27-17(15)18(24)22(19(21)25)13-5-2-1-3-6-13/h1-10H,11-12H2,(H,20,23). The van der Waals surface area contributed by atoms with E-state index in [9.17, 15) is 14.4 Å². The number of hydrogen-bond donors (Lipinski definition) is 1. The Morgan fingerprint density at radius 1 is 1.07 bits per heavy atom. The Kier molecular flexibility index (Phi) is 4.47. The van der Waals surface area contributed by atoms with Crippen LogP contribution in [0.1, 0.15) is 5.76 Å². The molecule has 8 heteroatoms. The number of fused-ring (bicyclic) bond motifs is 1. The lowest BCUT2D eigenvalue weighted by Gasteiger charge is -2.12. The van der Waals surface area contributed by atoms with Crippen molar-refractivity contribution in [3.05, 3.63) is 86.8 Å². The van der Waals surface area contributed by atoms with Crippen LogP contribution in [0, 0.1) is 0 Å². The Labute approximate surface area is 157 Å². The van der Waals surface area contributed by atoms with Crippen LogP contribution in [0.4, 0.5) is 0 Å². The van der Waals surface area contributed by atoms with Crippen molar-refractivity contribution in [1.29, 1.82) is 0 Å². The molecule has 4 rings (SSSR count). The van der Waals surface area contributed by atoms with Gasteiger partial charge >= 0.3 is 5.69 Å². The monoisotopic (exact) mass is 381 g/mol. The third-order valence-electron chi connectivity index (χ3n) is 4.11. The van der Waals surface area contributed by atoms with E-state index in [1.165, 1.54) is 22.2 Å². The van der Waals surface area contributed by atoms with E-state index in [1.54, 1.807) is 53.9 Å². The predicted molar refractivity (Wildman–Crippen MR) is 102 cm³/mol. The number of nitrogens with zero attached hydrogens (tertiary/aromatic N) is 2. The molecule has 0 unspecified atom stereocenters. The molecule has 0 saturated carbocycles. The van der Waals surface area contributed by atoms with Crippen molar-refractivity contribution in [2.75, 3.05) is 0 Å². The predicted octanol–water partition coefficient (Wildman–Crippen LogP) is 2.12. The van der Waals surface area contributed by atoms with Crippen molar-refractivity contribution in [1.82, 2.24) is 14.5 Å². The zero-order valence-corrected chi connectivity index (χ0v) is 14.9. The lowest BCUT2D eigenvalue weighted by Crippen LogP contribution is -2.41. The number of nitrogens with one attached hydrogen (secondary N) is 1. The minimum atomic E-state index is -0.551. The van der Waals surface area contributed by atoms with Crippen LogP contribution in [0.2, 0.25) is 0 Å². The summed E-state index contributed by atoms with van der Waals surface area (Å²) >= 11 is 1.24. The first-order chi connectivity index (χ1) is 13.1. The minimum absolute atomic E-state index is 0.195. The zero-order valence-electron chi connectivity index (χ0n) is 14.1. The molecular formula is C19H15N3O4S. The molecule has 0 aliphatic carbocycles. The van der Waals surface area contributed by atoms with E-state index in [2.05, 4.69) is 5.32 Å². The van der Waals surface area contributed by atoms with E-state index >= 15 is 0 Å². The fraction of sp³-hybridized carbons (Fsp3) is 0.105. The Hall–Kier alpha value is -3.39. The lowest BCUT2D eigenvalue weighted by atomic mass is 10.3. The van der Waals surface area contributed by atoms with Gasteiger partial charge in [0.05, 0.1) is 24.0 Å². The molecule has 7 nitrogen and oxygen atoms in total. The number of carbonyl (C=O) groups excluding carboxylic acids is 1. The zero-order chi connectivity index (χ0) is 18.8. The van der Waals surface area contributed by atoms with Crippen molar-refractivity contribution in [3.8, 4) is 5.69 Å². The van der Waals surface area contributed by atoms with Crippen LogP contribution in [0.15, 0.2) is 74.2 Å². The van der Waals surface area contributed by atoms with E-state index in [0.29, 0.717) is 21.7 Å². The molecule has 0 aliphatic rings. The molecule has 1 N–H and O–H groups in total. The molecule has 0 fully saturated rings. The number of hydrogen-bond acceptors (Lipinski definition) is 5. The quantitative estimate of drug-likeness (QED) is 0.574. The fourth-order valence-electron chi connectivity index (χ4n) is 2.84. The summed E-state index contributed by atoms with van der Waals surface area (Å²) in [7, 11) is 0. The van der Waals surface area contributed by atoms with Crippen molar-refractivity contribution in [3.63, 3.8) is 0 Å². The van der Waals surface area contributed by atoms with Gasteiger partial charge in [0.1, 0.15) is 17.0 Å². The number of benzene rings is 1. The smallest absolute Gasteiger partial charge is 0.336 e. The van der Waals surface area contributed by atoms with Crippen LogP contribution in [-0.4, -0.2) is 15.0 Å². The molecule has 0 spiro atoms. The van der Waals surface area contributed by atoms with Crippen LogP contribution < -0.4 is 16.6 Å². The van der Waals surface area contributed by atoms with E-state index < -0.39 is 5.69 Å². The fourth-order valence-corrected chi connectivity index (χ4v) is 3.67. The van der Waals surface area contributed by atoms with Gasteiger partial charge in [-0.2, -0.15) is 0 Å². The van der Waals surface area contributed by atoms with Crippen LogP contribution in [0.5, 0.6) is 0 Å². The molecule has 0 saturated heterocycles. The Morgan fingerprint density at radius 3 is 2.63 bits per heavy atom. The van der Waals surface area contributed by atoms with Crippen LogP contribution in [0.3, 0.4) is 0 Å². The first-order valence-corrected chi connectivity index (χ1v) is 9.10. The molecule has 27 heavy (non-hydrogen) atoms. The van der Waals surface area contributed by atoms with Crippen LogP contribution in [-0.2, 0) is 17.9 Å². The Bertz CT molecular complexity index is 1200. The number of furan rings is 1. The van der Waals surface area contributed by atoms with Gasteiger partial charge in [-0.1, -0.05) is 18.2 Å². The highest BCUT2D eigenvalue weighted by Gasteiger charge is 2.17. The average molecular weight is 381 g/mol. The van der Waals surface area contributed by atoms with Crippen molar-refractivity contribution < 1.29 is 9.21 Å². The van der Waals surface area contributed by atoms with Gasteiger partial charge in [0.2, 0.25) is 5.91 Å². The van der Waals surface area contributed by atoms with Gasteiger partial charge in [0.25, 0.3) is 5.56 Å². The van der Waals surface area contributed by atoms with Crippen molar-refractivity contribution in [2.45, 2.75) is 13.1 Å². The van der Waals surface area contributed by atoms with Crippen molar-refractivity contribution >= 4 is 27.5 Å². The highest BCUT2D eigenvalue weighted by molar-refractivity contribution is 7.17. The van der Waals surface area contributed by atoms with E-state index in [0.717, 1.165) is 4.57 Å². The average Bonchev–Trinajstić information content (AvgIpc) is 3.36. The van der Waals surface area contributed by atoms with Crippen LogP contribution in [0.25, 0.3) is 15.9 Å². The molecule has 0 radical (unpaired) electrons. The Morgan fingerprint density at radius 2 is 1.89 bits per heavy atom. The summed E-state index contributed by atoms with van der Waals surface area (Å²) in [5.41, 5.74) is -0.0171. The SMILES string of the molecule is O=C(Cn1c(=O)n(-c2ccccc2)c(=O)c2sccc21)NCc1ccco1. The molecule has 3 aromatic heterocycles. The second-order valence-electron chi connectivity index (χ2n) is 5.84. The number of amides is 1. The van der Waals surface area contributed by atoms with E-state index in [4.69, 9.17) is 4.42 Å². The number of rotatable bonds is 5. The summed E-state index contributed by atoms with van der Waals surface area (Å²) in [5, 5.41) is 4.45. The minimum Gasteiger partial charge on any atom is -0.467 e. The topological polar surface area (TPSA) is 86.2 Å². The normalized spacial score (nSPS) is 11.0. The summed E-state index contributed by atoms with van der Waals surface area (Å²) in [6, 6.07) is 13.8. The molecule has 1 amide bonds. The first kappa shape index (κ1) is 17.0. The molecule has 4 aromatic rings. The first-order valence-electron chi connectivity index (χ1n) is 8.22. The highest BCUT2D eigenvalue weighted by atomic mass is 32.1. The number of thiophene rings is 1. The maximum atomic E-state index is 13.0. The van der Waals surface area contributed by atoms with Gasteiger partial charge in [0.15, 0.2) is 0 Å². The third-order valence-corrected chi connectivity index (χ3v) is 5.00. The van der Waals surface area contributed by atoms with Gasteiger partial charge in [-0.3, -0.25) is 14.2 Å². The maximum Gasteiger partial charge on any atom is 0.336 e. The van der Waals surface area contributed by atoms with Gasteiger partial charge in [-0.25, -0.2) is 9.36 Å². The van der Waals surface area contributed by atoms with Gasteiger partial charge in [-0.05, 0) is 35.7 Å². The van der Waals surface area contributed by atoms with E-state index in [1.807, 2.05) is 0 Å². The maximum absolute atomic E-state index is 13.0. The summed E-state index contributed by atoms with van der Waals surface area (Å²) in [5.74, 6) is 0.268.